The van der Waals surface area contributed by atoms with Gasteiger partial charge in [-0.3, -0.25) is 4.79 Å². The fourth-order valence-corrected chi connectivity index (χ4v) is 3.23. The Kier molecular flexibility index (Phi) is 6.69. The molecular formula is C24H24FN3O5. The van der Waals surface area contributed by atoms with Gasteiger partial charge in [-0.2, -0.15) is 0 Å². The number of aliphatic hydroxyl groups is 1. The van der Waals surface area contributed by atoms with E-state index in [1.165, 1.54) is 18.4 Å². The number of carbonyl (C=O) groups is 2. The van der Waals surface area contributed by atoms with Crippen LogP contribution in [0, 0.1) is 11.7 Å². The van der Waals surface area contributed by atoms with Crippen LogP contribution in [0.3, 0.4) is 0 Å². The van der Waals surface area contributed by atoms with E-state index in [1.807, 2.05) is 6.92 Å². The lowest BCUT2D eigenvalue weighted by Gasteiger charge is -2.12. The molecule has 1 aliphatic carbocycles. The molecule has 0 radical (unpaired) electrons. The van der Waals surface area contributed by atoms with Crippen molar-refractivity contribution in [3.05, 3.63) is 65.8 Å². The Balaban J connectivity index is 1.39. The summed E-state index contributed by atoms with van der Waals surface area (Å²) in [5.41, 5.74) is 1.60. The van der Waals surface area contributed by atoms with Gasteiger partial charge in [0.25, 0.3) is 0 Å². The SMILES string of the molecule is CC(Oc1ccc(C(=O)C2CC2)cc1)c1coc(-c2ccc(NC(=O)NCCO)c(F)c2)n1. The summed E-state index contributed by atoms with van der Waals surface area (Å²) >= 11 is 0. The van der Waals surface area contributed by atoms with E-state index in [-0.39, 0.29) is 36.4 Å². The molecule has 1 aromatic heterocycles. The molecule has 3 N–H and O–H groups in total. The van der Waals surface area contributed by atoms with E-state index in [2.05, 4.69) is 15.6 Å². The number of benzene rings is 2. The Morgan fingerprint density at radius 2 is 2.00 bits per heavy atom. The van der Waals surface area contributed by atoms with E-state index in [1.54, 1.807) is 30.3 Å². The van der Waals surface area contributed by atoms with Gasteiger partial charge in [0.05, 0.1) is 12.3 Å². The number of oxazole rings is 1. The van der Waals surface area contributed by atoms with Gasteiger partial charge < -0.3 is 24.9 Å². The summed E-state index contributed by atoms with van der Waals surface area (Å²) in [6, 6.07) is 10.6. The zero-order valence-electron chi connectivity index (χ0n) is 18.0. The third kappa shape index (κ3) is 5.56. The Bertz CT molecular complexity index is 1140. The average Bonchev–Trinajstić information content (AvgIpc) is 3.55. The Morgan fingerprint density at radius 3 is 2.67 bits per heavy atom. The van der Waals surface area contributed by atoms with Crippen LogP contribution in [0.5, 0.6) is 5.75 Å². The van der Waals surface area contributed by atoms with Crippen LogP contribution in [-0.4, -0.2) is 35.1 Å². The molecule has 2 aromatic carbocycles. The van der Waals surface area contributed by atoms with Crippen LogP contribution in [0.25, 0.3) is 11.5 Å². The molecule has 33 heavy (non-hydrogen) atoms. The quantitative estimate of drug-likeness (QED) is 0.416. The third-order valence-electron chi connectivity index (χ3n) is 5.20. The second kappa shape index (κ2) is 9.83. The predicted octanol–water partition coefficient (Wildman–Crippen LogP) is 4.33. The van der Waals surface area contributed by atoms with E-state index < -0.39 is 18.0 Å². The maximum absolute atomic E-state index is 14.4. The molecule has 3 aromatic rings. The van der Waals surface area contributed by atoms with Crippen molar-refractivity contribution >= 4 is 17.5 Å². The largest absolute Gasteiger partial charge is 0.484 e. The Labute approximate surface area is 189 Å². The summed E-state index contributed by atoms with van der Waals surface area (Å²) in [6.07, 6.45) is 2.93. The number of nitrogens with one attached hydrogen (secondary N) is 2. The number of ketones is 1. The molecule has 1 saturated carbocycles. The first kappa shape index (κ1) is 22.5. The van der Waals surface area contributed by atoms with Crippen LogP contribution >= 0.6 is 0 Å². The summed E-state index contributed by atoms with van der Waals surface area (Å²) < 4.78 is 25.8. The maximum Gasteiger partial charge on any atom is 0.319 e. The van der Waals surface area contributed by atoms with Crippen LogP contribution < -0.4 is 15.4 Å². The second-order valence-corrected chi connectivity index (χ2v) is 7.80. The minimum atomic E-state index is -0.656. The number of aliphatic hydroxyl groups excluding tert-OH is 1. The van der Waals surface area contributed by atoms with Crippen LogP contribution in [0.15, 0.2) is 53.1 Å². The minimum Gasteiger partial charge on any atom is -0.484 e. The topological polar surface area (TPSA) is 114 Å². The standard InChI is InChI=1S/C24H24FN3O5/c1-14(33-18-7-4-16(5-8-18)22(30)15-2-3-15)21-13-32-23(27-21)17-6-9-20(19(25)12-17)28-24(31)26-10-11-29/h4-9,12-15,29H,2-3,10-11H2,1H3,(H2,26,28,31). The second-order valence-electron chi connectivity index (χ2n) is 7.80. The van der Waals surface area contributed by atoms with Gasteiger partial charge in [0.2, 0.25) is 5.89 Å². The number of aromatic nitrogens is 1. The zero-order chi connectivity index (χ0) is 23.4. The van der Waals surface area contributed by atoms with E-state index in [0.717, 1.165) is 12.8 Å². The summed E-state index contributed by atoms with van der Waals surface area (Å²) in [5, 5.41) is 13.5. The predicted molar refractivity (Wildman–Crippen MR) is 119 cm³/mol. The molecule has 0 bridgehead atoms. The first-order valence-corrected chi connectivity index (χ1v) is 10.7. The fourth-order valence-electron chi connectivity index (χ4n) is 3.23. The smallest absolute Gasteiger partial charge is 0.319 e. The number of urea groups is 1. The number of rotatable bonds is 9. The van der Waals surface area contributed by atoms with E-state index >= 15 is 0 Å². The molecule has 0 aliphatic heterocycles. The number of Topliss-reactive ketones (excluding diaryl/α,β-unsaturated/α-hetero) is 1. The number of anilines is 1. The van der Waals surface area contributed by atoms with Crippen LogP contribution in [-0.2, 0) is 0 Å². The summed E-state index contributed by atoms with van der Waals surface area (Å²) in [7, 11) is 0. The van der Waals surface area contributed by atoms with Gasteiger partial charge >= 0.3 is 6.03 Å². The van der Waals surface area contributed by atoms with Crippen molar-refractivity contribution in [3.63, 3.8) is 0 Å². The number of nitrogens with zero attached hydrogens (tertiary/aromatic N) is 1. The van der Waals surface area contributed by atoms with Crippen molar-refractivity contribution in [2.45, 2.75) is 25.9 Å². The molecule has 0 saturated heterocycles. The molecule has 1 fully saturated rings. The Morgan fingerprint density at radius 1 is 1.24 bits per heavy atom. The lowest BCUT2D eigenvalue weighted by Crippen LogP contribution is -2.31. The summed E-state index contributed by atoms with van der Waals surface area (Å²) in [6.45, 7) is 1.66. The monoisotopic (exact) mass is 453 g/mol. The molecule has 172 valence electrons. The van der Waals surface area contributed by atoms with Crippen molar-refractivity contribution in [2.24, 2.45) is 5.92 Å². The van der Waals surface area contributed by atoms with Crippen LogP contribution in [0.2, 0.25) is 0 Å². The highest BCUT2D eigenvalue weighted by Crippen LogP contribution is 2.33. The molecule has 1 heterocycles. The molecule has 8 nitrogen and oxygen atoms in total. The molecule has 0 spiro atoms. The number of hydrogen-bond donors (Lipinski definition) is 3. The number of hydrogen-bond acceptors (Lipinski definition) is 6. The van der Waals surface area contributed by atoms with E-state index in [0.29, 0.717) is 22.6 Å². The number of carbonyl (C=O) groups excluding carboxylic acids is 2. The van der Waals surface area contributed by atoms with Crippen molar-refractivity contribution in [2.75, 3.05) is 18.5 Å². The van der Waals surface area contributed by atoms with E-state index in [4.69, 9.17) is 14.3 Å². The van der Waals surface area contributed by atoms with Gasteiger partial charge in [0.1, 0.15) is 29.6 Å². The number of halogens is 1. The highest BCUT2D eigenvalue weighted by Gasteiger charge is 2.30. The van der Waals surface area contributed by atoms with Gasteiger partial charge in [-0.05, 0) is 62.2 Å². The molecule has 9 heteroatoms. The maximum atomic E-state index is 14.4. The average molecular weight is 453 g/mol. The molecule has 1 aliphatic rings. The molecular weight excluding hydrogens is 429 g/mol. The van der Waals surface area contributed by atoms with Crippen molar-refractivity contribution in [1.29, 1.82) is 0 Å². The highest BCUT2D eigenvalue weighted by atomic mass is 19.1. The van der Waals surface area contributed by atoms with Crippen LogP contribution in [0.4, 0.5) is 14.9 Å². The molecule has 4 rings (SSSR count). The first-order valence-electron chi connectivity index (χ1n) is 10.7. The highest BCUT2D eigenvalue weighted by molar-refractivity contribution is 5.99. The number of ether oxygens (including phenoxy) is 1. The molecule has 1 atom stereocenters. The van der Waals surface area contributed by atoms with Gasteiger partial charge in [-0.1, -0.05) is 0 Å². The van der Waals surface area contributed by atoms with Gasteiger partial charge in [-0.15, -0.1) is 0 Å². The third-order valence-corrected chi connectivity index (χ3v) is 5.20. The molecule has 2 amide bonds. The van der Waals surface area contributed by atoms with Crippen molar-refractivity contribution < 1.29 is 28.2 Å². The number of amides is 2. The summed E-state index contributed by atoms with van der Waals surface area (Å²) in [5.74, 6) is 0.496. The van der Waals surface area contributed by atoms with Crippen molar-refractivity contribution in [1.82, 2.24) is 10.3 Å². The first-order chi connectivity index (χ1) is 15.9. The van der Waals surface area contributed by atoms with Crippen LogP contribution in [0.1, 0.15) is 41.9 Å². The summed E-state index contributed by atoms with van der Waals surface area (Å²) in [4.78, 5) is 28.1. The van der Waals surface area contributed by atoms with Gasteiger partial charge in [0.15, 0.2) is 5.78 Å². The molecule has 1 unspecified atom stereocenters. The normalized spacial score (nSPS) is 13.9. The van der Waals surface area contributed by atoms with Gasteiger partial charge in [-0.25, -0.2) is 14.2 Å². The minimum absolute atomic E-state index is 0.0127. The lowest BCUT2D eigenvalue weighted by molar-refractivity contribution is 0.0967. The van der Waals surface area contributed by atoms with Gasteiger partial charge in [0, 0.05) is 23.6 Å². The fraction of sp³-hybridized carbons (Fsp3) is 0.292. The lowest BCUT2D eigenvalue weighted by atomic mass is 10.1. The van der Waals surface area contributed by atoms with Crippen molar-refractivity contribution in [3.8, 4) is 17.2 Å². The Hall–Kier alpha value is -3.72. The van der Waals surface area contributed by atoms with E-state index in [9.17, 15) is 14.0 Å². The zero-order valence-corrected chi connectivity index (χ0v) is 18.0.